The minimum absolute atomic E-state index is 0.0353. The van der Waals surface area contributed by atoms with E-state index in [9.17, 15) is 39.6 Å². The normalized spacial score (nSPS) is 18.6. The molecule has 1 amide bonds. The number of aromatic nitrogens is 2. The number of pyridine rings is 2. The maximum Gasteiger partial charge on any atom is 0.433 e. The third kappa shape index (κ3) is 5.74. The van der Waals surface area contributed by atoms with Crippen LogP contribution in [0.5, 0.6) is 0 Å². The molecule has 0 aliphatic carbocycles. The zero-order chi connectivity index (χ0) is 27.0. The van der Waals surface area contributed by atoms with E-state index in [0.717, 1.165) is 42.7 Å². The summed E-state index contributed by atoms with van der Waals surface area (Å²) in [5.74, 6) is -2.35. The monoisotopic (exact) mass is 544 g/mol. The van der Waals surface area contributed by atoms with Gasteiger partial charge in [0, 0.05) is 30.3 Å². The van der Waals surface area contributed by atoms with Gasteiger partial charge in [-0.25, -0.2) is 21.6 Å². The van der Waals surface area contributed by atoms with Gasteiger partial charge in [-0.05, 0) is 36.4 Å². The number of carbonyl (C=O) groups excluding carboxylic acids is 1. The average Bonchev–Trinajstić information content (AvgIpc) is 3.26. The van der Waals surface area contributed by atoms with Gasteiger partial charge in [0.2, 0.25) is 15.9 Å². The number of sulfonamides is 1. The van der Waals surface area contributed by atoms with Crippen molar-refractivity contribution in [1.29, 1.82) is 0 Å². The quantitative estimate of drug-likeness (QED) is 0.476. The van der Waals surface area contributed by atoms with E-state index in [1.54, 1.807) is 0 Å². The van der Waals surface area contributed by atoms with Gasteiger partial charge in [0.05, 0.1) is 23.3 Å². The lowest BCUT2D eigenvalue weighted by molar-refractivity contribution is -0.141. The second-order valence-electron chi connectivity index (χ2n) is 8.18. The Balaban J connectivity index is 1.50. The van der Waals surface area contributed by atoms with E-state index in [1.807, 2.05) is 0 Å². The molecule has 0 unspecified atom stereocenters. The molecule has 4 rings (SSSR count). The fourth-order valence-corrected chi connectivity index (χ4v) is 5.44. The summed E-state index contributed by atoms with van der Waals surface area (Å²) in [6, 6.07) is 5.39. The summed E-state index contributed by atoms with van der Waals surface area (Å²) in [4.78, 5) is 19.6. The van der Waals surface area contributed by atoms with Crippen molar-refractivity contribution in [3.63, 3.8) is 0 Å². The van der Waals surface area contributed by atoms with Crippen molar-refractivity contribution in [2.75, 3.05) is 6.54 Å². The number of hydrogen-bond donors (Lipinski definition) is 1. The molecule has 7 nitrogen and oxygen atoms in total. The van der Waals surface area contributed by atoms with Crippen LogP contribution in [-0.2, 0) is 27.5 Å². The van der Waals surface area contributed by atoms with Crippen LogP contribution < -0.4 is 5.32 Å². The Hall–Kier alpha value is -3.52. The highest BCUT2D eigenvalue weighted by Crippen LogP contribution is 2.30. The molecule has 3 heterocycles. The Morgan fingerprint density at radius 2 is 1.76 bits per heavy atom. The number of hydrogen-bond acceptors (Lipinski definition) is 5. The van der Waals surface area contributed by atoms with Crippen LogP contribution in [0.2, 0.25) is 0 Å². The summed E-state index contributed by atoms with van der Waals surface area (Å²) in [6.45, 7) is -0.879. The highest BCUT2D eigenvalue weighted by atomic mass is 32.2. The van der Waals surface area contributed by atoms with Crippen molar-refractivity contribution in [2.24, 2.45) is 0 Å². The first kappa shape index (κ1) is 26.5. The standard InChI is InChI=1S/C23H18F6N4O3S/c24-14-2-4-17(5-3-14)37(35,36)33-12-15(25)7-20(33)22(34)32-10-16-8-18(19(26)11-30-16)13-1-6-21(31-9-13)23(27,28)29/h1-6,8-9,11,15,20H,7,10,12H2,(H,32,34)/t15-,20+/m1/s1. The molecule has 3 aromatic rings. The van der Waals surface area contributed by atoms with Crippen molar-refractivity contribution in [3.05, 3.63) is 77.9 Å². The van der Waals surface area contributed by atoms with Gasteiger partial charge in [0.25, 0.3) is 0 Å². The van der Waals surface area contributed by atoms with Crippen LogP contribution >= 0.6 is 0 Å². The number of halogens is 6. The number of nitrogens with zero attached hydrogens (tertiary/aromatic N) is 3. The minimum atomic E-state index is -4.67. The zero-order valence-corrected chi connectivity index (χ0v) is 19.5. The first-order valence-electron chi connectivity index (χ1n) is 10.7. The first-order valence-corrected chi connectivity index (χ1v) is 12.2. The molecular formula is C23H18F6N4O3S. The number of alkyl halides is 4. The van der Waals surface area contributed by atoms with Gasteiger partial charge in [-0.3, -0.25) is 14.8 Å². The molecule has 1 fully saturated rings. The Kier molecular flexibility index (Phi) is 7.24. The second kappa shape index (κ2) is 10.1. The van der Waals surface area contributed by atoms with Crippen molar-refractivity contribution in [2.45, 2.75) is 36.3 Å². The van der Waals surface area contributed by atoms with E-state index in [1.165, 1.54) is 6.07 Å². The third-order valence-corrected chi connectivity index (χ3v) is 7.54. The molecule has 0 saturated carbocycles. The van der Waals surface area contributed by atoms with Crippen molar-refractivity contribution >= 4 is 15.9 Å². The maximum absolute atomic E-state index is 14.3. The van der Waals surface area contributed by atoms with Crippen LogP contribution in [0.4, 0.5) is 26.3 Å². The smallest absolute Gasteiger partial charge is 0.349 e. The SMILES string of the molecule is O=C(NCc1cc(-c2ccc(C(F)(F)F)nc2)c(F)cn1)[C@@H]1C[C@@H](F)CN1S(=O)(=O)c1ccc(F)cc1. The maximum atomic E-state index is 14.3. The number of nitrogens with one attached hydrogen (secondary N) is 1. The van der Waals surface area contributed by atoms with Crippen LogP contribution in [0.25, 0.3) is 11.1 Å². The summed E-state index contributed by atoms with van der Waals surface area (Å²) < 4.78 is 106. The molecule has 2 aromatic heterocycles. The summed E-state index contributed by atoms with van der Waals surface area (Å²) in [6.07, 6.45) is -5.03. The largest absolute Gasteiger partial charge is 0.433 e. The van der Waals surface area contributed by atoms with E-state index >= 15 is 0 Å². The van der Waals surface area contributed by atoms with Gasteiger partial charge in [0.1, 0.15) is 29.5 Å². The molecule has 1 saturated heterocycles. The van der Waals surface area contributed by atoms with Gasteiger partial charge in [-0.2, -0.15) is 17.5 Å². The Bertz CT molecular complexity index is 1400. The van der Waals surface area contributed by atoms with E-state index in [2.05, 4.69) is 15.3 Å². The predicted molar refractivity (Wildman–Crippen MR) is 118 cm³/mol. The van der Waals surface area contributed by atoms with Gasteiger partial charge in [-0.1, -0.05) is 6.07 Å². The Labute approximate surface area is 207 Å². The fraction of sp³-hybridized carbons (Fsp3) is 0.261. The summed E-state index contributed by atoms with van der Waals surface area (Å²) >= 11 is 0. The van der Waals surface area contributed by atoms with E-state index in [-0.39, 0.29) is 28.3 Å². The van der Waals surface area contributed by atoms with Crippen LogP contribution in [0.15, 0.2) is 59.8 Å². The van der Waals surface area contributed by atoms with Gasteiger partial charge in [-0.15, -0.1) is 0 Å². The first-order chi connectivity index (χ1) is 17.4. The third-order valence-electron chi connectivity index (χ3n) is 5.65. The molecule has 0 bridgehead atoms. The highest BCUT2D eigenvalue weighted by Gasteiger charge is 2.44. The lowest BCUT2D eigenvalue weighted by Gasteiger charge is -2.23. The molecule has 2 atom stereocenters. The van der Waals surface area contributed by atoms with Crippen LogP contribution in [0.3, 0.4) is 0 Å². The molecule has 14 heteroatoms. The van der Waals surface area contributed by atoms with E-state index < -0.39 is 64.6 Å². The number of rotatable bonds is 6. The minimum Gasteiger partial charge on any atom is -0.349 e. The van der Waals surface area contributed by atoms with Crippen molar-refractivity contribution in [3.8, 4) is 11.1 Å². The number of benzene rings is 1. The number of amides is 1. The molecule has 1 aliphatic rings. The van der Waals surface area contributed by atoms with E-state index in [4.69, 9.17) is 0 Å². The molecule has 0 radical (unpaired) electrons. The van der Waals surface area contributed by atoms with Gasteiger partial charge in [0.15, 0.2) is 0 Å². The molecular weight excluding hydrogens is 526 g/mol. The molecule has 1 aromatic carbocycles. The molecule has 37 heavy (non-hydrogen) atoms. The number of carbonyl (C=O) groups is 1. The lowest BCUT2D eigenvalue weighted by Crippen LogP contribution is -2.45. The summed E-state index contributed by atoms with van der Waals surface area (Å²) in [5, 5.41) is 2.43. The topological polar surface area (TPSA) is 92.3 Å². The van der Waals surface area contributed by atoms with Crippen LogP contribution in [0.1, 0.15) is 17.8 Å². The molecule has 0 spiro atoms. The van der Waals surface area contributed by atoms with Crippen LogP contribution in [-0.4, -0.2) is 47.4 Å². The lowest BCUT2D eigenvalue weighted by atomic mass is 10.1. The molecule has 1 N–H and O–H groups in total. The van der Waals surface area contributed by atoms with Crippen molar-refractivity contribution < 1.29 is 39.6 Å². The van der Waals surface area contributed by atoms with Crippen molar-refractivity contribution in [1.82, 2.24) is 19.6 Å². The van der Waals surface area contributed by atoms with Crippen LogP contribution in [0, 0.1) is 11.6 Å². The van der Waals surface area contributed by atoms with Gasteiger partial charge < -0.3 is 5.32 Å². The van der Waals surface area contributed by atoms with E-state index in [0.29, 0.717) is 10.4 Å². The second-order valence-corrected chi connectivity index (χ2v) is 10.1. The highest BCUT2D eigenvalue weighted by molar-refractivity contribution is 7.89. The summed E-state index contributed by atoms with van der Waals surface area (Å²) in [5.41, 5.74) is -1.13. The predicted octanol–water partition coefficient (Wildman–Crippen LogP) is 3.86. The zero-order valence-electron chi connectivity index (χ0n) is 18.7. The Morgan fingerprint density at radius 1 is 1.05 bits per heavy atom. The Morgan fingerprint density at radius 3 is 2.38 bits per heavy atom. The molecule has 196 valence electrons. The van der Waals surface area contributed by atoms with Gasteiger partial charge >= 0.3 is 6.18 Å². The fourth-order valence-electron chi connectivity index (χ4n) is 3.82. The molecule has 1 aliphatic heterocycles. The average molecular weight is 544 g/mol. The summed E-state index contributed by atoms with van der Waals surface area (Å²) in [7, 11) is -4.31.